The van der Waals surface area contributed by atoms with E-state index in [4.69, 9.17) is 0 Å². The van der Waals surface area contributed by atoms with Crippen molar-refractivity contribution >= 4 is 21.6 Å². The molecule has 0 aliphatic heterocycles. The first-order chi connectivity index (χ1) is 5.65. The minimum Gasteiger partial charge on any atom is -0.279 e. The van der Waals surface area contributed by atoms with Crippen LogP contribution in [-0.4, -0.2) is 7.11 Å². The van der Waals surface area contributed by atoms with Gasteiger partial charge < -0.3 is 0 Å². The molecule has 0 atom stereocenters. The third-order valence-electron chi connectivity index (χ3n) is 1.21. The van der Waals surface area contributed by atoms with Gasteiger partial charge in [0.1, 0.15) is 5.69 Å². The molecule has 0 aliphatic rings. The van der Waals surface area contributed by atoms with Crippen LogP contribution < -0.4 is 5.48 Å². The first-order valence-electron chi connectivity index (χ1n) is 3.08. The second-order valence-corrected chi connectivity index (χ2v) is 2.97. The molecule has 0 bridgehead atoms. The van der Waals surface area contributed by atoms with Crippen LogP contribution in [0.5, 0.6) is 0 Å². The van der Waals surface area contributed by atoms with Gasteiger partial charge >= 0.3 is 0 Å². The minimum atomic E-state index is -0.705. The average Bonchev–Trinajstić information content (AvgIpc) is 1.96. The summed E-state index contributed by atoms with van der Waals surface area (Å²) in [6.45, 7) is 0. The van der Waals surface area contributed by atoms with Gasteiger partial charge in [-0.25, -0.2) is 8.78 Å². The summed E-state index contributed by atoms with van der Waals surface area (Å²) in [6, 6.07) is 2.29. The van der Waals surface area contributed by atoms with Crippen LogP contribution in [0.25, 0.3) is 0 Å². The van der Waals surface area contributed by atoms with Gasteiger partial charge in [-0.3, -0.25) is 10.3 Å². The topological polar surface area (TPSA) is 21.3 Å². The molecule has 5 heteroatoms. The van der Waals surface area contributed by atoms with Gasteiger partial charge in [0.25, 0.3) is 0 Å². The summed E-state index contributed by atoms with van der Waals surface area (Å²) >= 11 is 2.95. The molecule has 0 aliphatic carbocycles. The Kier molecular flexibility index (Phi) is 2.99. The Balaban J connectivity index is 3.10. The van der Waals surface area contributed by atoms with E-state index in [1.807, 2.05) is 0 Å². The van der Waals surface area contributed by atoms with Crippen molar-refractivity contribution in [3.05, 3.63) is 28.2 Å². The zero-order valence-corrected chi connectivity index (χ0v) is 7.78. The van der Waals surface area contributed by atoms with Crippen LogP contribution in [0.3, 0.4) is 0 Å². The van der Waals surface area contributed by atoms with Crippen LogP contribution in [0.2, 0.25) is 0 Å². The molecular weight excluding hydrogens is 232 g/mol. The van der Waals surface area contributed by atoms with E-state index in [1.165, 1.54) is 7.11 Å². The molecule has 0 radical (unpaired) electrons. The third kappa shape index (κ3) is 1.92. The lowest BCUT2D eigenvalue weighted by molar-refractivity contribution is 0.266. The van der Waals surface area contributed by atoms with Crippen LogP contribution in [-0.2, 0) is 4.84 Å². The zero-order chi connectivity index (χ0) is 9.14. The van der Waals surface area contributed by atoms with E-state index >= 15 is 0 Å². The molecule has 0 amide bonds. The highest BCUT2D eigenvalue weighted by Gasteiger charge is 2.09. The summed E-state index contributed by atoms with van der Waals surface area (Å²) in [5.74, 6) is -1.41. The first kappa shape index (κ1) is 9.41. The lowest BCUT2D eigenvalue weighted by Gasteiger charge is -2.05. The average molecular weight is 238 g/mol. The lowest BCUT2D eigenvalue weighted by atomic mass is 10.3. The van der Waals surface area contributed by atoms with E-state index < -0.39 is 11.6 Å². The standard InChI is InChI=1S/C7H6BrF2NO/c1-12-11-7-5(9)2-4(8)3-6(7)10/h2-3,11H,1H3. The number of nitrogens with one attached hydrogen (secondary N) is 1. The van der Waals surface area contributed by atoms with E-state index in [0.29, 0.717) is 4.47 Å². The molecule has 1 aromatic carbocycles. The maximum atomic E-state index is 12.9. The van der Waals surface area contributed by atoms with Crippen LogP contribution in [0.15, 0.2) is 16.6 Å². The van der Waals surface area contributed by atoms with E-state index in [1.54, 1.807) is 0 Å². The van der Waals surface area contributed by atoms with Crippen LogP contribution in [0.4, 0.5) is 14.5 Å². The monoisotopic (exact) mass is 237 g/mol. The molecule has 66 valence electrons. The quantitative estimate of drug-likeness (QED) is 0.799. The highest BCUT2D eigenvalue weighted by atomic mass is 79.9. The Labute approximate surface area is 76.6 Å². The van der Waals surface area contributed by atoms with Crippen molar-refractivity contribution in [2.24, 2.45) is 0 Å². The van der Waals surface area contributed by atoms with Crippen molar-refractivity contribution in [2.75, 3.05) is 12.6 Å². The van der Waals surface area contributed by atoms with Gasteiger partial charge in [-0.2, -0.15) is 0 Å². The van der Waals surface area contributed by atoms with Crippen LogP contribution in [0.1, 0.15) is 0 Å². The Bertz CT molecular complexity index is 270. The van der Waals surface area contributed by atoms with Crippen molar-refractivity contribution in [1.29, 1.82) is 0 Å². The third-order valence-corrected chi connectivity index (χ3v) is 1.67. The predicted molar refractivity (Wildman–Crippen MR) is 44.7 cm³/mol. The maximum absolute atomic E-state index is 12.9. The number of hydrogen-bond donors (Lipinski definition) is 1. The van der Waals surface area contributed by atoms with Crippen molar-refractivity contribution in [2.45, 2.75) is 0 Å². The number of hydrogen-bond acceptors (Lipinski definition) is 2. The molecule has 0 fully saturated rings. The molecule has 0 spiro atoms. The second kappa shape index (κ2) is 3.82. The SMILES string of the molecule is CONc1c(F)cc(Br)cc1F. The Morgan fingerprint density at radius 3 is 2.25 bits per heavy atom. The fourth-order valence-electron chi connectivity index (χ4n) is 0.742. The van der Waals surface area contributed by atoms with Crippen molar-refractivity contribution < 1.29 is 13.6 Å². The number of rotatable bonds is 2. The Morgan fingerprint density at radius 1 is 1.33 bits per heavy atom. The minimum absolute atomic E-state index is 0.291. The van der Waals surface area contributed by atoms with Crippen molar-refractivity contribution in [1.82, 2.24) is 0 Å². The predicted octanol–water partition coefficient (Wildman–Crippen LogP) is 2.70. The molecule has 1 N–H and O–H groups in total. The smallest absolute Gasteiger partial charge is 0.152 e. The maximum Gasteiger partial charge on any atom is 0.152 e. The summed E-state index contributed by atoms with van der Waals surface area (Å²) in [4.78, 5) is 4.38. The molecule has 1 rings (SSSR count). The van der Waals surface area contributed by atoms with E-state index in [0.717, 1.165) is 12.1 Å². The van der Waals surface area contributed by atoms with E-state index in [2.05, 4.69) is 26.2 Å². The number of benzene rings is 1. The zero-order valence-electron chi connectivity index (χ0n) is 6.20. The summed E-state index contributed by atoms with van der Waals surface area (Å²) in [5.41, 5.74) is 1.81. The molecule has 0 saturated heterocycles. The molecule has 0 unspecified atom stereocenters. The molecule has 12 heavy (non-hydrogen) atoms. The van der Waals surface area contributed by atoms with Crippen molar-refractivity contribution in [3.8, 4) is 0 Å². The molecule has 1 aromatic rings. The molecular formula is C7H6BrF2NO. The molecule has 2 nitrogen and oxygen atoms in total. The highest BCUT2D eigenvalue weighted by molar-refractivity contribution is 9.10. The van der Waals surface area contributed by atoms with E-state index in [-0.39, 0.29) is 5.69 Å². The van der Waals surface area contributed by atoms with Gasteiger partial charge in [-0.15, -0.1) is 0 Å². The van der Waals surface area contributed by atoms with Gasteiger partial charge in [-0.05, 0) is 12.1 Å². The largest absolute Gasteiger partial charge is 0.279 e. The Morgan fingerprint density at radius 2 is 1.83 bits per heavy atom. The van der Waals surface area contributed by atoms with Crippen LogP contribution in [0, 0.1) is 11.6 Å². The van der Waals surface area contributed by atoms with Crippen LogP contribution >= 0.6 is 15.9 Å². The Hall–Kier alpha value is -0.680. The van der Waals surface area contributed by atoms with Crippen molar-refractivity contribution in [3.63, 3.8) is 0 Å². The molecule has 0 heterocycles. The number of anilines is 1. The summed E-state index contributed by atoms with van der Waals surface area (Å²) in [6.07, 6.45) is 0. The summed E-state index contributed by atoms with van der Waals surface area (Å²) < 4.78 is 26.1. The summed E-state index contributed by atoms with van der Waals surface area (Å²) in [5, 5.41) is 0. The van der Waals surface area contributed by atoms with Gasteiger partial charge in [0.05, 0.1) is 7.11 Å². The number of halogens is 3. The van der Waals surface area contributed by atoms with Gasteiger partial charge in [0.15, 0.2) is 11.6 Å². The second-order valence-electron chi connectivity index (χ2n) is 2.05. The highest BCUT2D eigenvalue weighted by Crippen LogP contribution is 2.23. The molecule has 0 saturated carbocycles. The first-order valence-corrected chi connectivity index (χ1v) is 3.88. The van der Waals surface area contributed by atoms with E-state index in [9.17, 15) is 8.78 Å². The fraction of sp³-hybridized carbons (Fsp3) is 0.143. The normalized spacial score (nSPS) is 10.0. The summed E-state index contributed by atoms with van der Waals surface area (Å²) in [7, 11) is 1.28. The fourth-order valence-corrected chi connectivity index (χ4v) is 1.14. The van der Waals surface area contributed by atoms with Gasteiger partial charge in [0, 0.05) is 4.47 Å². The molecule has 0 aromatic heterocycles. The lowest BCUT2D eigenvalue weighted by Crippen LogP contribution is -2.01. The van der Waals surface area contributed by atoms with Gasteiger partial charge in [0.2, 0.25) is 0 Å². The van der Waals surface area contributed by atoms with Gasteiger partial charge in [-0.1, -0.05) is 15.9 Å².